The lowest BCUT2D eigenvalue weighted by Crippen LogP contribution is -2.23. The molecule has 18 heavy (non-hydrogen) atoms. The van der Waals surface area contributed by atoms with Gasteiger partial charge in [0.15, 0.2) is 0 Å². The van der Waals surface area contributed by atoms with E-state index >= 15 is 0 Å². The molecule has 0 spiro atoms. The van der Waals surface area contributed by atoms with Gasteiger partial charge >= 0.3 is 0 Å². The largest absolute Gasteiger partial charge is 0.382 e. The van der Waals surface area contributed by atoms with Crippen molar-refractivity contribution in [2.45, 2.75) is 32.2 Å². The highest BCUT2D eigenvalue weighted by Crippen LogP contribution is 2.27. The first-order valence-corrected chi connectivity index (χ1v) is 6.50. The highest BCUT2D eigenvalue weighted by atomic mass is 16.2. The van der Waals surface area contributed by atoms with Crippen molar-refractivity contribution < 1.29 is 4.79 Å². The van der Waals surface area contributed by atoms with E-state index < -0.39 is 0 Å². The van der Waals surface area contributed by atoms with Crippen LogP contribution in [0.15, 0.2) is 18.3 Å². The second-order valence-corrected chi connectivity index (χ2v) is 5.39. The average molecular weight is 247 g/mol. The van der Waals surface area contributed by atoms with Crippen LogP contribution in [0.4, 0.5) is 5.69 Å². The number of anilines is 1. The Morgan fingerprint density at radius 2 is 2.22 bits per heavy atom. The molecule has 1 amide bonds. The Morgan fingerprint density at radius 1 is 1.44 bits per heavy atom. The zero-order valence-corrected chi connectivity index (χ0v) is 11.3. The summed E-state index contributed by atoms with van der Waals surface area (Å²) in [5.41, 5.74) is 1.49. The number of hydrogen-bond donors (Lipinski definition) is 1. The van der Waals surface area contributed by atoms with Gasteiger partial charge in [-0.25, -0.2) is 0 Å². The van der Waals surface area contributed by atoms with E-state index in [2.05, 4.69) is 17.2 Å². The Morgan fingerprint density at radius 3 is 2.83 bits per heavy atom. The predicted molar refractivity (Wildman–Crippen MR) is 72.7 cm³/mol. The van der Waals surface area contributed by atoms with Gasteiger partial charge in [0.2, 0.25) is 0 Å². The van der Waals surface area contributed by atoms with Gasteiger partial charge in [-0.15, -0.1) is 0 Å². The number of amides is 1. The second kappa shape index (κ2) is 5.38. The summed E-state index contributed by atoms with van der Waals surface area (Å²) in [6, 6.07) is 4.30. The standard InChI is InChI=1S/C14H21N3O/c1-10-4-5-11(8-10)16-12-6-7-15-13(9-12)14(18)17(2)3/h6-7,9-11H,4-5,8H2,1-3H3,(H,15,16). The van der Waals surface area contributed by atoms with E-state index in [-0.39, 0.29) is 5.91 Å². The quantitative estimate of drug-likeness (QED) is 0.892. The summed E-state index contributed by atoms with van der Waals surface area (Å²) in [6.07, 6.45) is 5.39. The minimum atomic E-state index is -0.0570. The maximum Gasteiger partial charge on any atom is 0.272 e. The summed E-state index contributed by atoms with van der Waals surface area (Å²) in [5, 5.41) is 3.49. The Bertz CT molecular complexity index is 431. The Labute approximate surface area is 108 Å². The van der Waals surface area contributed by atoms with Crippen LogP contribution in [0.3, 0.4) is 0 Å². The molecule has 2 atom stereocenters. The molecule has 1 N–H and O–H groups in total. The van der Waals surface area contributed by atoms with E-state index in [1.165, 1.54) is 19.3 Å². The monoisotopic (exact) mass is 247 g/mol. The Balaban J connectivity index is 2.05. The van der Waals surface area contributed by atoms with E-state index in [0.29, 0.717) is 11.7 Å². The zero-order chi connectivity index (χ0) is 13.1. The number of nitrogens with one attached hydrogen (secondary N) is 1. The molecule has 4 heteroatoms. The van der Waals surface area contributed by atoms with Crippen LogP contribution in [0.5, 0.6) is 0 Å². The van der Waals surface area contributed by atoms with Crippen molar-refractivity contribution in [3.05, 3.63) is 24.0 Å². The highest BCUT2D eigenvalue weighted by Gasteiger charge is 2.21. The van der Waals surface area contributed by atoms with Crippen LogP contribution >= 0.6 is 0 Å². The first-order valence-electron chi connectivity index (χ1n) is 6.50. The third-order valence-corrected chi connectivity index (χ3v) is 3.45. The minimum Gasteiger partial charge on any atom is -0.382 e. The van der Waals surface area contributed by atoms with Crippen molar-refractivity contribution in [1.82, 2.24) is 9.88 Å². The minimum absolute atomic E-state index is 0.0570. The van der Waals surface area contributed by atoms with E-state index in [9.17, 15) is 4.79 Å². The van der Waals surface area contributed by atoms with Crippen LogP contribution in [0.2, 0.25) is 0 Å². The second-order valence-electron chi connectivity index (χ2n) is 5.39. The summed E-state index contributed by atoms with van der Waals surface area (Å²) in [7, 11) is 3.48. The lowest BCUT2D eigenvalue weighted by Gasteiger charge is -2.15. The van der Waals surface area contributed by atoms with Gasteiger partial charge < -0.3 is 10.2 Å². The molecule has 2 rings (SSSR count). The number of pyridine rings is 1. The Kier molecular flexibility index (Phi) is 3.84. The molecule has 1 aliphatic carbocycles. The molecule has 1 aromatic rings. The van der Waals surface area contributed by atoms with Gasteiger partial charge in [0.05, 0.1) is 0 Å². The summed E-state index contributed by atoms with van der Waals surface area (Å²) >= 11 is 0. The first-order chi connectivity index (χ1) is 8.56. The van der Waals surface area contributed by atoms with E-state index in [4.69, 9.17) is 0 Å². The van der Waals surface area contributed by atoms with Gasteiger partial charge in [0.1, 0.15) is 5.69 Å². The molecule has 1 saturated carbocycles. The van der Waals surface area contributed by atoms with Gasteiger partial charge in [-0.1, -0.05) is 6.92 Å². The fraction of sp³-hybridized carbons (Fsp3) is 0.571. The van der Waals surface area contributed by atoms with Crippen LogP contribution in [0, 0.1) is 5.92 Å². The fourth-order valence-corrected chi connectivity index (χ4v) is 2.44. The average Bonchev–Trinajstić information content (AvgIpc) is 2.74. The predicted octanol–water partition coefficient (Wildman–Crippen LogP) is 2.38. The van der Waals surface area contributed by atoms with Crippen LogP contribution in [0.1, 0.15) is 36.7 Å². The lowest BCUT2D eigenvalue weighted by atomic mass is 10.1. The highest BCUT2D eigenvalue weighted by molar-refractivity contribution is 5.92. The van der Waals surface area contributed by atoms with E-state index in [1.54, 1.807) is 25.2 Å². The van der Waals surface area contributed by atoms with Crippen molar-refractivity contribution in [2.24, 2.45) is 5.92 Å². The first kappa shape index (κ1) is 12.9. The van der Waals surface area contributed by atoms with Gasteiger partial charge in [-0.3, -0.25) is 9.78 Å². The molecular formula is C14H21N3O. The van der Waals surface area contributed by atoms with Crippen molar-refractivity contribution >= 4 is 11.6 Å². The van der Waals surface area contributed by atoms with Crippen molar-refractivity contribution in [2.75, 3.05) is 19.4 Å². The number of nitrogens with zero attached hydrogens (tertiary/aromatic N) is 2. The molecule has 1 aromatic heterocycles. The molecule has 0 saturated heterocycles. The Hall–Kier alpha value is -1.58. The number of rotatable bonds is 3. The smallest absolute Gasteiger partial charge is 0.272 e. The molecule has 0 radical (unpaired) electrons. The third-order valence-electron chi connectivity index (χ3n) is 3.45. The molecular weight excluding hydrogens is 226 g/mol. The zero-order valence-electron chi connectivity index (χ0n) is 11.3. The molecule has 1 heterocycles. The normalized spacial score (nSPS) is 22.8. The van der Waals surface area contributed by atoms with E-state index in [0.717, 1.165) is 11.6 Å². The van der Waals surface area contributed by atoms with Crippen LogP contribution in [-0.4, -0.2) is 35.9 Å². The maximum atomic E-state index is 11.8. The van der Waals surface area contributed by atoms with Crippen LogP contribution < -0.4 is 5.32 Å². The summed E-state index contributed by atoms with van der Waals surface area (Å²) in [5.74, 6) is 0.741. The molecule has 0 aromatic carbocycles. The third kappa shape index (κ3) is 3.00. The van der Waals surface area contributed by atoms with Crippen LogP contribution in [0.25, 0.3) is 0 Å². The lowest BCUT2D eigenvalue weighted by molar-refractivity contribution is 0.0822. The molecule has 1 aliphatic rings. The summed E-state index contributed by atoms with van der Waals surface area (Å²) < 4.78 is 0. The van der Waals surface area contributed by atoms with E-state index in [1.807, 2.05) is 12.1 Å². The fourth-order valence-electron chi connectivity index (χ4n) is 2.44. The molecule has 0 aliphatic heterocycles. The van der Waals surface area contributed by atoms with Gasteiger partial charge in [0.25, 0.3) is 5.91 Å². The molecule has 0 bridgehead atoms. The van der Waals surface area contributed by atoms with Crippen molar-refractivity contribution in [1.29, 1.82) is 0 Å². The number of carbonyl (C=O) groups is 1. The van der Waals surface area contributed by atoms with Crippen molar-refractivity contribution in [3.63, 3.8) is 0 Å². The summed E-state index contributed by atoms with van der Waals surface area (Å²) in [4.78, 5) is 17.5. The SMILES string of the molecule is CC1CCC(Nc2ccnc(C(=O)N(C)C)c2)C1. The van der Waals surface area contributed by atoms with Crippen molar-refractivity contribution in [3.8, 4) is 0 Å². The van der Waals surface area contributed by atoms with Gasteiger partial charge in [-0.2, -0.15) is 0 Å². The van der Waals surface area contributed by atoms with Crippen LogP contribution in [-0.2, 0) is 0 Å². The number of carbonyl (C=O) groups excluding carboxylic acids is 1. The molecule has 2 unspecified atom stereocenters. The molecule has 1 fully saturated rings. The van der Waals surface area contributed by atoms with Gasteiger partial charge in [0, 0.05) is 32.0 Å². The number of aromatic nitrogens is 1. The topological polar surface area (TPSA) is 45.2 Å². The summed E-state index contributed by atoms with van der Waals surface area (Å²) in [6.45, 7) is 2.29. The molecule has 4 nitrogen and oxygen atoms in total. The number of hydrogen-bond acceptors (Lipinski definition) is 3. The van der Waals surface area contributed by atoms with Gasteiger partial charge in [-0.05, 0) is 37.3 Å². The molecule has 98 valence electrons. The maximum absolute atomic E-state index is 11.8.